The topological polar surface area (TPSA) is 110 Å². The van der Waals surface area contributed by atoms with E-state index >= 15 is 0 Å². The summed E-state index contributed by atoms with van der Waals surface area (Å²) in [5, 5.41) is 27.8. The van der Waals surface area contributed by atoms with Gasteiger partial charge in [-0.05, 0) is 29.7 Å². The summed E-state index contributed by atoms with van der Waals surface area (Å²) in [6.45, 7) is 5.46. The summed E-state index contributed by atoms with van der Waals surface area (Å²) in [5.74, 6) is 0. The Bertz CT molecular complexity index is 679. The number of non-ortho nitro benzene ring substituents is 2. The number of rotatable bonds is 8. The van der Waals surface area contributed by atoms with Crippen molar-refractivity contribution < 1.29 is 9.85 Å². The van der Waals surface area contributed by atoms with Gasteiger partial charge < -0.3 is 10.6 Å². The number of nitro benzene ring substituents is 2. The second-order valence-electron chi connectivity index (χ2n) is 6.48. The molecule has 0 aliphatic rings. The van der Waals surface area contributed by atoms with Gasteiger partial charge in [-0.3, -0.25) is 20.2 Å². The molecule has 0 aliphatic heterocycles. The van der Waals surface area contributed by atoms with Crippen molar-refractivity contribution in [1.82, 2.24) is 0 Å². The van der Waals surface area contributed by atoms with Crippen molar-refractivity contribution in [3.05, 3.63) is 68.8 Å². The van der Waals surface area contributed by atoms with Crippen LogP contribution >= 0.6 is 0 Å². The van der Waals surface area contributed by atoms with Gasteiger partial charge in [0.2, 0.25) is 0 Å². The van der Waals surface area contributed by atoms with Gasteiger partial charge in [-0.1, -0.05) is 13.8 Å². The fourth-order valence-corrected chi connectivity index (χ4v) is 2.15. The Morgan fingerprint density at radius 3 is 1.36 bits per heavy atom. The van der Waals surface area contributed by atoms with Crippen molar-refractivity contribution in [2.24, 2.45) is 5.41 Å². The van der Waals surface area contributed by atoms with Gasteiger partial charge in [-0.2, -0.15) is 0 Å². The first-order chi connectivity index (χ1) is 11.8. The summed E-state index contributed by atoms with van der Waals surface area (Å²) in [6.07, 6.45) is 0. The molecular formula is C17H20N4O4. The Labute approximate surface area is 145 Å². The second kappa shape index (κ2) is 7.61. The van der Waals surface area contributed by atoms with E-state index in [1.165, 1.54) is 24.3 Å². The second-order valence-corrected chi connectivity index (χ2v) is 6.48. The number of hydrogen-bond acceptors (Lipinski definition) is 6. The summed E-state index contributed by atoms with van der Waals surface area (Å²) < 4.78 is 0. The average molecular weight is 344 g/mol. The van der Waals surface area contributed by atoms with Crippen molar-refractivity contribution in [1.29, 1.82) is 0 Å². The van der Waals surface area contributed by atoms with Crippen LogP contribution < -0.4 is 10.6 Å². The third-order valence-corrected chi connectivity index (χ3v) is 3.70. The maximum Gasteiger partial charge on any atom is 0.269 e. The van der Waals surface area contributed by atoms with Crippen molar-refractivity contribution >= 4 is 22.7 Å². The standard InChI is InChI=1S/C17H20N4O4/c1-17(2,11-18-13-3-7-15(8-4-13)20(22)23)12-19-14-5-9-16(10-6-14)21(24)25/h3-10,18-19H,11-12H2,1-2H3. The number of benzene rings is 2. The molecule has 0 heterocycles. The Morgan fingerprint density at radius 1 is 0.760 bits per heavy atom. The highest BCUT2D eigenvalue weighted by molar-refractivity contribution is 5.50. The summed E-state index contributed by atoms with van der Waals surface area (Å²) in [4.78, 5) is 20.4. The maximum atomic E-state index is 10.6. The maximum absolute atomic E-state index is 10.6. The summed E-state index contributed by atoms with van der Waals surface area (Å²) in [5.41, 5.74) is 1.64. The van der Waals surface area contributed by atoms with Crippen molar-refractivity contribution in [3.63, 3.8) is 0 Å². The van der Waals surface area contributed by atoms with Crippen LogP contribution in [0.2, 0.25) is 0 Å². The number of hydrogen-bond donors (Lipinski definition) is 2. The van der Waals surface area contributed by atoms with Crippen LogP contribution in [0.1, 0.15) is 13.8 Å². The van der Waals surface area contributed by atoms with E-state index in [4.69, 9.17) is 0 Å². The van der Waals surface area contributed by atoms with Gasteiger partial charge in [0.25, 0.3) is 11.4 Å². The van der Waals surface area contributed by atoms with E-state index in [1.54, 1.807) is 24.3 Å². The van der Waals surface area contributed by atoms with Gasteiger partial charge in [0, 0.05) is 48.7 Å². The first kappa shape index (κ1) is 18.2. The lowest BCUT2D eigenvalue weighted by Gasteiger charge is -2.26. The molecular weight excluding hydrogens is 324 g/mol. The summed E-state index contributed by atoms with van der Waals surface area (Å²) in [7, 11) is 0. The lowest BCUT2D eigenvalue weighted by atomic mass is 9.93. The highest BCUT2D eigenvalue weighted by atomic mass is 16.6. The largest absolute Gasteiger partial charge is 0.384 e. The SMILES string of the molecule is CC(C)(CNc1ccc([N+](=O)[O-])cc1)CNc1ccc([N+](=O)[O-])cc1. The van der Waals surface area contributed by atoms with E-state index in [0.717, 1.165) is 11.4 Å². The van der Waals surface area contributed by atoms with E-state index in [2.05, 4.69) is 24.5 Å². The Hall–Kier alpha value is -3.16. The smallest absolute Gasteiger partial charge is 0.269 e. The van der Waals surface area contributed by atoms with Crippen molar-refractivity contribution in [2.45, 2.75) is 13.8 Å². The van der Waals surface area contributed by atoms with Crippen molar-refractivity contribution in [2.75, 3.05) is 23.7 Å². The molecule has 2 aromatic carbocycles. The third kappa shape index (κ3) is 5.45. The first-order valence-corrected chi connectivity index (χ1v) is 7.73. The molecule has 0 atom stereocenters. The van der Waals surface area contributed by atoms with Gasteiger partial charge in [0.05, 0.1) is 9.85 Å². The quantitative estimate of drug-likeness (QED) is 0.552. The lowest BCUT2D eigenvalue weighted by molar-refractivity contribution is -0.385. The molecule has 8 nitrogen and oxygen atoms in total. The van der Waals surface area contributed by atoms with Crippen LogP contribution in [0.25, 0.3) is 0 Å². The van der Waals surface area contributed by atoms with Crippen LogP contribution in [0, 0.1) is 25.6 Å². The highest BCUT2D eigenvalue weighted by Gasteiger charge is 2.18. The minimum absolute atomic E-state index is 0.0599. The number of nitrogens with zero attached hydrogens (tertiary/aromatic N) is 2. The molecule has 2 aromatic rings. The number of nitrogens with one attached hydrogen (secondary N) is 2. The minimum Gasteiger partial charge on any atom is -0.384 e. The molecule has 0 bridgehead atoms. The predicted molar refractivity (Wildman–Crippen MR) is 97.0 cm³/mol. The Morgan fingerprint density at radius 2 is 1.08 bits per heavy atom. The summed E-state index contributed by atoms with van der Waals surface area (Å²) in [6, 6.07) is 12.6. The van der Waals surface area contributed by atoms with Gasteiger partial charge in [-0.25, -0.2) is 0 Å². The summed E-state index contributed by atoms with van der Waals surface area (Å²) >= 11 is 0. The number of anilines is 2. The molecule has 0 radical (unpaired) electrons. The number of nitro groups is 2. The first-order valence-electron chi connectivity index (χ1n) is 7.73. The molecule has 8 heteroatoms. The van der Waals surface area contributed by atoms with Gasteiger partial charge in [-0.15, -0.1) is 0 Å². The van der Waals surface area contributed by atoms with Crippen LogP contribution in [-0.4, -0.2) is 22.9 Å². The van der Waals surface area contributed by atoms with Crippen LogP contribution in [0.15, 0.2) is 48.5 Å². The zero-order valence-corrected chi connectivity index (χ0v) is 14.1. The molecule has 0 saturated heterocycles. The zero-order valence-electron chi connectivity index (χ0n) is 14.1. The van der Waals surface area contributed by atoms with E-state index in [9.17, 15) is 20.2 Å². The molecule has 0 spiro atoms. The van der Waals surface area contributed by atoms with Gasteiger partial charge >= 0.3 is 0 Å². The van der Waals surface area contributed by atoms with Gasteiger partial charge in [0.15, 0.2) is 0 Å². The normalized spacial score (nSPS) is 11.0. The fraction of sp³-hybridized carbons (Fsp3) is 0.294. The molecule has 0 aliphatic carbocycles. The van der Waals surface area contributed by atoms with E-state index < -0.39 is 9.85 Å². The van der Waals surface area contributed by atoms with E-state index in [1.807, 2.05) is 0 Å². The third-order valence-electron chi connectivity index (χ3n) is 3.70. The average Bonchev–Trinajstić information content (AvgIpc) is 2.59. The molecule has 2 N–H and O–H groups in total. The molecule has 132 valence electrons. The fourth-order valence-electron chi connectivity index (χ4n) is 2.15. The minimum atomic E-state index is -0.429. The molecule has 0 saturated carbocycles. The molecule has 0 amide bonds. The molecule has 25 heavy (non-hydrogen) atoms. The van der Waals surface area contributed by atoms with Crippen molar-refractivity contribution in [3.8, 4) is 0 Å². The van der Waals surface area contributed by atoms with Crippen LogP contribution in [0.3, 0.4) is 0 Å². The van der Waals surface area contributed by atoms with Crippen LogP contribution in [0.4, 0.5) is 22.7 Å². The Kier molecular flexibility index (Phi) is 5.53. The van der Waals surface area contributed by atoms with E-state index in [0.29, 0.717) is 13.1 Å². The van der Waals surface area contributed by atoms with E-state index in [-0.39, 0.29) is 16.8 Å². The van der Waals surface area contributed by atoms with Crippen LogP contribution in [-0.2, 0) is 0 Å². The molecule has 0 fully saturated rings. The highest BCUT2D eigenvalue weighted by Crippen LogP contribution is 2.21. The zero-order chi connectivity index (χ0) is 18.4. The molecule has 2 rings (SSSR count). The lowest BCUT2D eigenvalue weighted by Crippen LogP contribution is -2.30. The monoisotopic (exact) mass is 344 g/mol. The molecule has 0 unspecified atom stereocenters. The predicted octanol–water partition coefficient (Wildman–Crippen LogP) is 4.05. The molecule has 0 aromatic heterocycles. The van der Waals surface area contributed by atoms with Crippen LogP contribution in [0.5, 0.6) is 0 Å². The van der Waals surface area contributed by atoms with Gasteiger partial charge in [0.1, 0.15) is 0 Å². The Balaban J connectivity index is 1.86.